The number of carbonyl (C=O) groups excluding carboxylic acids is 2. The Kier molecular flexibility index (Phi) is 7.12. The lowest BCUT2D eigenvalue weighted by Crippen LogP contribution is -2.35. The van der Waals surface area contributed by atoms with Crippen LogP contribution < -0.4 is 10.9 Å². The molecular formula is C23H24FN3O4. The van der Waals surface area contributed by atoms with Crippen molar-refractivity contribution in [2.45, 2.75) is 45.9 Å². The average molecular weight is 425 g/mol. The number of hydrogen-bond donors (Lipinski definition) is 1. The fraction of sp³-hybridized carbons (Fsp3) is 0.304. The van der Waals surface area contributed by atoms with Crippen LogP contribution in [0.4, 0.5) is 4.39 Å². The van der Waals surface area contributed by atoms with Gasteiger partial charge in [-0.2, -0.15) is 0 Å². The Hall–Kier alpha value is -3.55. The fourth-order valence-corrected chi connectivity index (χ4v) is 3.14. The minimum Gasteiger partial charge on any atom is -0.453 e. The van der Waals surface area contributed by atoms with Crippen LogP contribution in [0.5, 0.6) is 0 Å². The van der Waals surface area contributed by atoms with Crippen LogP contribution >= 0.6 is 0 Å². The molecule has 0 saturated heterocycles. The van der Waals surface area contributed by atoms with Gasteiger partial charge in [-0.05, 0) is 49.6 Å². The van der Waals surface area contributed by atoms with E-state index in [1.807, 2.05) is 19.1 Å². The number of fused-ring (bicyclic) bond motifs is 1. The van der Waals surface area contributed by atoms with Crippen LogP contribution in [0.2, 0.25) is 0 Å². The Morgan fingerprint density at radius 3 is 2.68 bits per heavy atom. The van der Waals surface area contributed by atoms with Crippen molar-refractivity contribution in [2.75, 3.05) is 0 Å². The number of hydrogen-bond acceptors (Lipinski definition) is 5. The van der Waals surface area contributed by atoms with Crippen molar-refractivity contribution in [3.05, 3.63) is 76.1 Å². The van der Waals surface area contributed by atoms with Crippen molar-refractivity contribution in [2.24, 2.45) is 0 Å². The Morgan fingerprint density at radius 1 is 1.19 bits per heavy atom. The molecule has 0 saturated carbocycles. The number of esters is 1. The van der Waals surface area contributed by atoms with Crippen molar-refractivity contribution >= 4 is 22.8 Å². The lowest BCUT2D eigenvalue weighted by Gasteiger charge is -2.14. The molecule has 8 heteroatoms. The van der Waals surface area contributed by atoms with Crippen LogP contribution in [-0.2, 0) is 27.4 Å². The number of nitrogens with zero attached hydrogens (tertiary/aromatic N) is 2. The number of carbonyl (C=O) groups is 2. The quantitative estimate of drug-likeness (QED) is 0.561. The Balaban J connectivity index is 1.46. The molecule has 0 aliphatic carbocycles. The molecule has 1 aromatic heterocycles. The average Bonchev–Trinajstić information content (AvgIpc) is 2.75. The molecule has 1 amide bonds. The standard InChI is InChI=1S/C23H24FN3O4/c1-15-5-3-6-19-21(15)26-14-27(23(19)30)12-4-7-20(28)31-16(2)22(29)25-13-17-8-10-18(24)11-9-17/h3,5-6,8-11,14,16H,4,7,12-13H2,1-2H3,(H,25,29)/t16-/m1/s1. The molecule has 0 spiro atoms. The van der Waals surface area contributed by atoms with Crippen LogP contribution in [0.15, 0.2) is 53.6 Å². The summed E-state index contributed by atoms with van der Waals surface area (Å²) in [6, 6.07) is 11.2. The normalized spacial score (nSPS) is 11.8. The van der Waals surface area contributed by atoms with Crippen LogP contribution in [0.1, 0.15) is 30.9 Å². The first-order valence-electron chi connectivity index (χ1n) is 10.0. The third-order valence-corrected chi connectivity index (χ3v) is 4.89. The van der Waals surface area contributed by atoms with E-state index in [1.54, 1.807) is 18.2 Å². The van der Waals surface area contributed by atoms with Gasteiger partial charge in [0.15, 0.2) is 6.10 Å². The van der Waals surface area contributed by atoms with Gasteiger partial charge in [0.05, 0.1) is 17.2 Å². The summed E-state index contributed by atoms with van der Waals surface area (Å²) in [6.07, 6.45) is 0.963. The van der Waals surface area contributed by atoms with Gasteiger partial charge in [-0.25, -0.2) is 9.37 Å². The number of aryl methyl sites for hydroxylation is 2. The maximum Gasteiger partial charge on any atom is 0.306 e. The zero-order valence-electron chi connectivity index (χ0n) is 17.4. The molecule has 7 nitrogen and oxygen atoms in total. The topological polar surface area (TPSA) is 90.3 Å². The van der Waals surface area contributed by atoms with Gasteiger partial charge in [-0.15, -0.1) is 0 Å². The van der Waals surface area contributed by atoms with Crippen molar-refractivity contribution < 1.29 is 18.7 Å². The van der Waals surface area contributed by atoms with E-state index >= 15 is 0 Å². The zero-order chi connectivity index (χ0) is 22.4. The van der Waals surface area contributed by atoms with Crippen LogP contribution in [0.3, 0.4) is 0 Å². The molecule has 0 unspecified atom stereocenters. The highest BCUT2D eigenvalue weighted by molar-refractivity contribution is 5.83. The van der Waals surface area contributed by atoms with E-state index in [1.165, 1.54) is 30.0 Å². The molecule has 1 atom stereocenters. The predicted octanol–water partition coefficient (Wildman–Crippen LogP) is 2.87. The lowest BCUT2D eigenvalue weighted by molar-refractivity contribution is -0.155. The number of amides is 1. The summed E-state index contributed by atoms with van der Waals surface area (Å²) in [5.74, 6) is -1.32. The third-order valence-electron chi connectivity index (χ3n) is 4.89. The Bertz CT molecular complexity index is 1140. The molecule has 0 aliphatic heterocycles. The molecule has 1 N–H and O–H groups in total. The molecule has 0 aliphatic rings. The smallest absolute Gasteiger partial charge is 0.306 e. The first-order valence-corrected chi connectivity index (χ1v) is 10.0. The van der Waals surface area contributed by atoms with E-state index < -0.39 is 18.0 Å². The van der Waals surface area contributed by atoms with Crippen LogP contribution in [-0.4, -0.2) is 27.5 Å². The van der Waals surface area contributed by atoms with Gasteiger partial charge in [-0.1, -0.05) is 24.3 Å². The summed E-state index contributed by atoms with van der Waals surface area (Å²) in [5.41, 5.74) is 2.18. The number of benzene rings is 2. The number of nitrogens with one attached hydrogen (secondary N) is 1. The maximum atomic E-state index is 12.9. The highest BCUT2D eigenvalue weighted by atomic mass is 19.1. The number of halogens is 1. The molecule has 0 fully saturated rings. The van der Waals surface area contributed by atoms with Crippen LogP contribution in [0, 0.1) is 12.7 Å². The van der Waals surface area contributed by atoms with Gasteiger partial charge in [0, 0.05) is 19.5 Å². The minimum absolute atomic E-state index is 0.0634. The highest BCUT2D eigenvalue weighted by Gasteiger charge is 2.17. The molecule has 2 aromatic carbocycles. The largest absolute Gasteiger partial charge is 0.453 e. The third kappa shape index (κ3) is 5.75. The SMILES string of the molecule is Cc1cccc2c(=O)n(CCCC(=O)O[C@H](C)C(=O)NCc3ccc(F)cc3)cnc12. The van der Waals surface area contributed by atoms with Gasteiger partial charge < -0.3 is 10.1 Å². The summed E-state index contributed by atoms with van der Waals surface area (Å²) in [7, 11) is 0. The summed E-state index contributed by atoms with van der Waals surface area (Å²) < 4.78 is 19.5. The molecule has 0 bridgehead atoms. The molecule has 31 heavy (non-hydrogen) atoms. The fourth-order valence-electron chi connectivity index (χ4n) is 3.14. The van der Waals surface area contributed by atoms with E-state index in [4.69, 9.17) is 4.74 Å². The van der Waals surface area contributed by atoms with Gasteiger partial charge in [0.1, 0.15) is 5.82 Å². The van der Waals surface area contributed by atoms with E-state index in [-0.39, 0.29) is 24.3 Å². The Morgan fingerprint density at radius 2 is 1.94 bits per heavy atom. The van der Waals surface area contributed by atoms with E-state index in [0.29, 0.717) is 23.9 Å². The minimum atomic E-state index is -0.957. The monoisotopic (exact) mass is 425 g/mol. The first kappa shape index (κ1) is 22.1. The molecular weight excluding hydrogens is 401 g/mol. The van der Waals surface area contributed by atoms with E-state index in [0.717, 1.165) is 11.1 Å². The molecule has 3 rings (SSSR count). The number of para-hydroxylation sites is 1. The molecule has 1 heterocycles. The lowest BCUT2D eigenvalue weighted by atomic mass is 10.1. The summed E-state index contributed by atoms with van der Waals surface area (Å²) in [6.45, 7) is 3.90. The van der Waals surface area contributed by atoms with E-state index in [2.05, 4.69) is 10.3 Å². The van der Waals surface area contributed by atoms with Crippen molar-refractivity contribution in [3.8, 4) is 0 Å². The molecule has 162 valence electrons. The van der Waals surface area contributed by atoms with Crippen molar-refractivity contribution in [3.63, 3.8) is 0 Å². The summed E-state index contributed by atoms with van der Waals surface area (Å²) in [5, 5.41) is 3.18. The first-order chi connectivity index (χ1) is 14.8. The van der Waals surface area contributed by atoms with Gasteiger partial charge in [0.25, 0.3) is 11.5 Å². The van der Waals surface area contributed by atoms with Crippen molar-refractivity contribution in [1.82, 2.24) is 14.9 Å². The van der Waals surface area contributed by atoms with Gasteiger partial charge in [0.2, 0.25) is 0 Å². The second-order valence-electron chi connectivity index (χ2n) is 7.29. The Labute approximate surface area is 178 Å². The van der Waals surface area contributed by atoms with Crippen LogP contribution in [0.25, 0.3) is 10.9 Å². The predicted molar refractivity (Wildman–Crippen MR) is 114 cm³/mol. The molecule has 3 aromatic rings. The number of aromatic nitrogens is 2. The van der Waals surface area contributed by atoms with Gasteiger partial charge >= 0.3 is 5.97 Å². The number of ether oxygens (including phenoxy) is 1. The summed E-state index contributed by atoms with van der Waals surface area (Å²) >= 11 is 0. The second kappa shape index (κ2) is 9.97. The van der Waals surface area contributed by atoms with Crippen molar-refractivity contribution in [1.29, 1.82) is 0 Å². The zero-order valence-corrected chi connectivity index (χ0v) is 17.4. The highest BCUT2D eigenvalue weighted by Crippen LogP contribution is 2.11. The summed E-state index contributed by atoms with van der Waals surface area (Å²) in [4.78, 5) is 41.0. The molecule has 0 radical (unpaired) electrons. The number of rotatable bonds is 8. The maximum absolute atomic E-state index is 12.9. The second-order valence-corrected chi connectivity index (χ2v) is 7.29. The van der Waals surface area contributed by atoms with E-state index in [9.17, 15) is 18.8 Å². The van der Waals surface area contributed by atoms with Gasteiger partial charge in [-0.3, -0.25) is 19.0 Å².